The van der Waals surface area contributed by atoms with Crippen molar-refractivity contribution in [1.29, 1.82) is 0 Å². The molecule has 0 aromatic heterocycles. The molecule has 2 heterocycles. The number of esters is 1. The second-order valence-corrected chi connectivity index (χ2v) is 7.60. The van der Waals surface area contributed by atoms with Gasteiger partial charge in [0.25, 0.3) is 0 Å². The number of carbonyl (C=O) groups excluding carboxylic acids is 1. The Morgan fingerprint density at radius 2 is 2.08 bits per heavy atom. The summed E-state index contributed by atoms with van der Waals surface area (Å²) in [7, 11) is 0. The van der Waals surface area contributed by atoms with Gasteiger partial charge >= 0.3 is 5.97 Å². The molecule has 0 aliphatic carbocycles. The minimum Gasteiger partial charge on any atom is -0.463 e. The Balaban J connectivity index is 1.68. The van der Waals surface area contributed by atoms with Crippen molar-refractivity contribution < 1.29 is 24.1 Å². The van der Waals surface area contributed by atoms with E-state index < -0.39 is 24.1 Å². The molecule has 0 saturated carbocycles. The first kappa shape index (κ1) is 19.3. The van der Waals surface area contributed by atoms with E-state index in [4.69, 9.17) is 14.2 Å². The average Bonchev–Trinajstić information content (AvgIpc) is 3.17. The molecule has 1 aromatic carbocycles. The minimum absolute atomic E-state index is 0.00228. The Morgan fingerprint density at radius 1 is 1.35 bits per heavy atom. The molecule has 2 aliphatic heterocycles. The Kier molecular flexibility index (Phi) is 5.97. The maximum atomic E-state index is 11.2. The third-order valence-corrected chi connectivity index (χ3v) is 5.05. The first-order valence-corrected chi connectivity index (χ1v) is 9.31. The Hall–Kier alpha value is -1.47. The summed E-state index contributed by atoms with van der Waals surface area (Å²) in [4.78, 5) is 13.5. The van der Waals surface area contributed by atoms with E-state index in [1.807, 2.05) is 32.0 Å². The molecule has 144 valence electrons. The summed E-state index contributed by atoms with van der Waals surface area (Å²) in [6.45, 7) is 6.83. The summed E-state index contributed by atoms with van der Waals surface area (Å²) >= 11 is 0. The normalized spacial score (nSPS) is 29.6. The van der Waals surface area contributed by atoms with Gasteiger partial charge in [-0.2, -0.15) is 0 Å². The summed E-state index contributed by atoms with van der Waals surface area (Å²) < 4.78 is 17.0. The number of carbonyl (C=O) groups is 1. The highest BCUT2D eigenvalue weighted by atomic mass is 16.8. The summed E-state index contributed by atoms with van der Waals surface area (Å²) in [6, 6.07) is 10.3. The molecule has 0 unspecified atom stereocenters. The third kappa shape index (κ3) is 4.62. The molecular formula is C20H29NO5. The van der Waals surface area contributed by atoms with Crippen molar-refractivity contribution in [3.8, 4) is 0 Å². The maximum Gasteiger partial charge on any atom is 0.302 e. The number of hydrogen-bond acceptors (Lipinski definition) is 6. The van der Waals surface area contributed by atoms with Crippen molar-refractivity contribution in [2.75, 3.05) is 13.2 Å². The molecule has 0 radical (unpaired) electrons. The zero-order valence-electron chi connectivity index (χ0n) is 15.8. The molecule has 2 fully saturated rings. The van der Waals surface area contributed by atoms with Gasteiger partial charge < -0.3 is 19.3 Å². The Labute approximate surface area is 155 Å². The van der Waals surface area contributed by atoms with Crippen LogP contribution in [-0.4, -0.2) is 59.3 Å². The van der Waals surface area contributed by atoms with E-state index in [2.05, 4.69) is 17.0 Å². The number of aliphatic hydroxyl groups excluding tert-OH is 1. The van der Waals surface area contributed by atoms with Gasteiger partial charge in [0.2, 0.25) is 0 Å². The molecule has 1 aromatic rings. The van der Waals surface area contributed by atoms with Gasteiger partial charge in [0.15, 0.2) is 5.79 Å². The molecule has 0 bridgehead atoms. The van der Waals surface area contributed by atoms with Crippen LogP contribution in [0, 0.1) is 0 Å². The molecule has 1 N–H and O–H groups in total. The molecule has 2 aliphatic rings. The predicted molar refractivity (Wildman–Crippen MR) is 96.3 cm³/mol. The maximum absolute atomic E-state index is 11.2. The summed E-state index contributed by atoms with van der Waals surface area (Å²) in [6.07, 6.45) is 0.256. The van der Waals surface area contributed by atoms with Crippen LogP contribution in [0.1, 0.15) is 39.2 Å². The predicted octanol–water partition coefficient (Wildman–Crippen LogP) is 2.10. The lowest BCUT2D eigenvalue weighted by atomic mass is 9.99. The smallest absolute Gasteiger partial charge is 0.302 e. The fourth-order valence-electron chi connectivity index (χ4n) is 3.95. The van der Waals surface area contributed by atoms with Crippen LogP contribution in [-0.2, 0) is 25.5 Å². The van der Waals surface area contributed by atoms with Crippen molar-refractivity contribution >= 4 is 5.97 Å². The number of rotatable bonds is 6. The largest absolute Gasteiger partial charge is 0.463 e. The molecule has 26 heavy (non-hydrogen) atoms. The summed E-state index contributed by atoms with van der Waals surface area (Å²) in [5.41, 5.74) is 1.23. The lowest BCUT2D eigenvalue weighted by molar-refractivity contribution is -0.163. The van der Waals surface area contributed by atoms with Crippen molar-refractivity contribution in [2.24, 2.45) is 0 Å². The van der Waals surface area contributed by atoms with Crippen LogP contribution >= 0.6 is 0 Å². The molecule has 0 amide bonds. The summed E-state index contributed by atoms with van der Waals surface area (Å²) in [5, 5.41) is 11.1. The molecule has 2 saturated heterocycles. The van der Waals surface area contributed by atoms with Crippen LogP contribution in [0.3, 0.4) is 0 Å². The van der Waals surface area contributed by atoms with Gasteiger partial charge in [-0.1, -0.05) is 30.3 Å². The van der Waals surface area contributed by atoms with Gasteiger partial charge in [0.1, 0.15) is 18.8 Å². The van der Waals surface area contributed by atoms with Gasteiger partial charge in [-0.05, 0) is 38.8 Å². The summed E-state index contributed by atoms with van der Waals surface area (Å²) in [5.74, 6) is -1.17. The van der Waals surface area contributed by atoms with Crippen molar-refractivity contribution in [3.63, 3.8) is 0 Å². The highest BCUT2D eigenvalue weighted by Gasteiger charge is 2.48. The highest BCUT2D eigenvalue weighted by Crippen LogP contribution is 2.34. The highest BCUT2D eigenvalue weighted by molar-refractivity contribution is 5.65. The number of nitrogens with zero attached hydrogens (tertiary/aromatic N) is 1. The number of ether oxygens (including phenoxy) is 3. The number of hydrogen-bond donors (Lipinski definition) is 1. The topological polar surface area (TPSA) is 68.2 Å². The van der Waals surface area contributed by atoms with E-state index >= 15 is 0 Å². The number of benzene rings is 1. The van der Waals surface area contributed by atoms with Gasteiger partial charge in [0, 0.05) is 19.5 Å². The second-order valence-electron chi connectivity index (χ2n) is 7.60. The Morgan fingerprint density at radius 3 is 2.77 bits per heavy atom. The SMILES string of the molecule is CC(=O)OC[C@H]1OC(C)(C)O[C@H]1[C@@H](O)[C@@H]1CCCN1Cc1ccccc1. The molecule has 6 nitrogen and oxygen atoms in total. The van der Waals surface area contributed by atoms with Crippen LogP contribution in [0.15, 0.2) is 30.3 Å². The lowest BCUT2D eigenvalue weighted by Gasteiger charge is -2.33. The molecule has 0 spiro atoms. The van der Waals surface area contributed by atoms with Crippen LogP contribution in [0.5, 0.6) is 0 Å². The molecule has 6 heteroatoms. The van der Waals surface area contributed by atoms with E-state index in [-0.39, 0.29) is 18.6 Å². The van der Waals surface area contributed by atoms with Gasteiger partial charge in [-0.3, -0.25) is 9.69 Å². The standard InChI is InChI=1S/C20H29NO5/c1-14(22)24-13-17-19(26-20(2,3)25-17)18(23)16-10-7-11-21(16)12-15-8-5-4-6-9-15/h4-6,8-9,16-19,23H,7,10-13H2,1-3H3/t16-,17+,18-,19+/m0/s1. The van der Waals surface area contributed by atoms with Gasteiger partial charge in [-0.25, -0.2) is 0 Å². The van der Waals surface area contributed by atoms with Crippen LogP contribution in [0.4, 0.5) is 0 Å². The fraction of sp³-hybridized carbons (Fsp3) is 0.650. The second kappa shape index (κ2) is 8.05. The van der Waals surface area contributed by atoms with E-state index in [1.165, 1.54) is 12.5 Å². The van der Waals surface area contributed by atoms with Crippen molar-refractivity contribution in [2.45, 2.75) is 70.3 Å². The van der Waals surface area contributed by atoms with E-state index in [1.54, 1.807) is 0 Å². The fourth-order valence-corrected chi connectivity index (χ4v) is 3.95. The number of aliphatic hydroxyl groups is 1. The van der Waals surface area contributed by atoms with E-state index in [9.17, 15) is 9.90 Å². The lowest BCUT2D eigenvalue weighted by Crippen LogP contribution is -2.49. The van der Waals surface area contributed by atoms with Crippen LogP contribution < -0.4 is 0 Å². The number of likely N-dealkylation sites (tertiary alicyclic amines) is 1. The van der Waals surface area contributed by atoms with Gasteiger partial charge in [-0.15, -0.1) is 0 Å². The molecule has 3 rings (SSSR count). The van der Waals surface area contributed by atoms with Crippen molar-refractivity contribution in [1.82, 2.24) is 4.90 Å². The first-order chi connectivity index (χ1) is 12.4. The molecular weight excluding hydrogens is 334 g/mol. The van der Waals surface area contributed by atoms with E-state index in [0.29, 0.717) is 0 Å². The minimum atomic E-state index is -0.806. The van der Waals surface area contributed by atoms with E-state index in [0.717, 1.165) is 25.9 Å². The van der Waals surface area contributed by atoms with Crippen LogP contribution in [0.25, 0.3) is 0 Å². The monoisotopic (exact) mass is 363 g/mol. The zero-order valence-corrected chi connectivity index (χ0v) is 15.8. The Bertz CT molecular complexity index is 605. The third-order valence-electron chi connectivity index (χ3n) is 5.05. The van der Waals surface area contributed by atoms with Gasteiger partial charge in [0.05, 0.1) is 6.10 Å². The average molecular weight is 363 g/mol. The zero-order chi connectivity index (χ0) is 18.7. The first-order valence-electron chi connectivity index (χ1n) is 9.31. The molecule has 4 atom stereocenters. The van der Waals surface area contributed by atoms with Crippen molar-refractivity contribution in [3.05, 3.63) is 35.9 Å². The quantitative estimate of drug-likeness (QED) is 0.781. The van der Waals surface area contributed by atoms with Crippen LogP contribution in [0.2, 0.25) is 0 Å².